The van der Waals surface area contributed by atoms with Crippen molar-refractivity contribution in [3.63, 3.8) is 0 Å². The Bertz CT molecular complexity index is 1750. The van der Waals surface area contributed by atoms with E-state index < -0.39 is 0 Å². The minimum atomic E-state index is -0.300. The summed E-state index contributed by atoms with van der Waals surface area (Å²) < 4.78 is 1.47. The zero-order valence-electron chi connectivity index (χ0n) is 26.6. The van der Waals surface area contributed by atoms with E-state index >= 15 is 0 Å². The standard InChI is InChI=1S/C36H41N5O4/c1-23-29(7-6-8-30(23)39-33(43)25-9-13-27(14-10-25)36(2,3)4)31-21-40(5)35(45)32(38-31)37-28-15-11-26(12-16-28)34(44)41-19-17-24(22-42)18-20-41/h6-16,21,24,42H,17-20,22H2,1-5H3,(H,37,38)(H,39,43). The summed E-state index contributed by atoms with van der Waals surface area (Å²) in [4.78, 5) is 45.6. The van der Waals surface area contributed by atoms with E-state index in [2.05, 4.69) is 36.4 Å². The van der Waals surface area contributed by atoms with Crippen molar-refractivity contribution in [1.82, 2.24) is 14.5 Å². The summed E-state index contributed by atoms with van der Waals surface area (Å²) >= 11 is 0. The van der Waals surface area contributed by atoms with E-state index in [4.69, 9.17) is 0 Å². The molecule has 0 bridgehead atoms. The third-order valence-corrected chi connectivity index (χ3v) is 8.50. The van der Waals surface area contributed by atoms with E-state index in [1.165, 1.54) is 4.57 Å². The molecular weight excluding hydrogens is 566 g/mol. The van der Waals surface area contributed by atoms with Crippen molar-refractivity contribution in [3.05, 3.63) is 106 Å². The fourth-order valence-corrected chi connectivity index (χ4v) is 5.52. The van der Waals surface area contributed by atoms with E-state index in [0.717, 1.165) is 29.5 Å². The number of nitrogens with zero attached hydrogens (tertiary/aromatic N) is 3. The third kappa shape index (κ3) is 7.15. The first kappa shape index (κ1) is 31.7. The number of likely N-dealkylation sites (tertiary alicyclic amines) is 1. The first-order valence-corrected chi connectivity index (χ1v) is 15.3. The molecule has 3 N–H and O–H groups in total. The van der Waals surface area contributed by atoms with Gasteiger partial charge in [-0.1, -0.05) is 45.0 Å². The molecule has 45 heavy (non-hydrogen) atoms. The number of hydrogen-bond acceptors (Lipinski definition) is 6. The lowest BCUT2D eigenvalue weighted by atomic mass is 9.86. The van der Waals surface area contributed by atoms with Crippen LogP contribution in [0.5, 0.6) is 0 Å². The van der Waals surface area contributed by atoms with Crippen LogP contribution >= 0.6 is 0 Å². The van der Waals surface area contributed by atoms with E-state index in [9.17, 15) is 19.5 Å². The van der Waals surface area contributed by atoms with Gasteiger partial charge in [-0.25, -0.2) is 4.98 Å². The number of carbonyl (C=O) groups excluding carboxylic acids is 2. The normalized spacial score (nSPS) is 13.9. The molecule has 0 saturated carbocycles. The van der Waals surface area contributed by atoms with Gasteiger partial charge in [0.05, 0.1) is 5.69 Å². The highest BCUT2D eigenvalue weighted by atomic mass is 16.3. The molecule has 1 aliphatic heterocycles. The zero-order valence-corrected chi connectivity index (χ0v) is 26.6. The van der Waals surface area contributed by atoms with Crippen LogP contribution in [-0.2, 0) is 12.5 Å². The number of rotatable bonds is 7. The molecule has 2 amide bonds. The van der Waals surface area contributed by atoms with Crippen LogP contribution in [0.1, 0.15) is 65.5 Å². The Hall–Kier alpha value is -4.76. The summed E-state index contributed by atoms with van der Waals surface area (Å²) in [6.45, 7) is 9.74. The van der Waals surface area contributed by atoms with Gasteiger partial charge in [-0.3, -0.25) is 14.4 Å². The lowest BCUT2D eigenvalue weighted by Crippen LogP contribution is -2.39. The third-order valence-electron chi connectivity index (χ3n) is 8.50. The van der Waals surface area contributed by atoms with Gasteiger partial charge in [0.1, 0.15) is 0 Å². The summed E-state index contributed by atoms with van der Waals surface area (Å²) in [7, 11) is 1.67. The fourth-order valence-electron chi connectivity index (χ4n) is 5.52. The van der Waals surface area contributed by atoms with Crippen molar-refractivity contribution in [2.45, 2.75) is 46.0 Å². The van der Waals surface area contributed by atoms with Gasteiger partial charge < -0.3 is 25.2 Å². The number of amides is 2. The second-order valence-corrected chi connectivity index (χ2v) is 12.8. The average Bonchev–Trinajstić information content (AvgIpc) is 3.04. The molecule has 1 fully saturated rings. The van der Waals surface area contributed by atoms with Crippen LogP contribution in [0.15, 0.2) is 77.7 Å². The Labute approximate surface area is 263 Å². The molecule has 0 aliphatic carbocycles. The number of aromatic nitrogens is 2. The Morgan fingerprint density at radius 3 is 2.22 bits per heavy atom. The van der Waals surface area contributed by atoms with Crippen LogP contribution in [0.4, 0.5) is 17.2 Å². The first-order valence-electron chi connectivity index (χ1n) is 15.3. The van der Waals surface area contributed by atoms with Crippen molar-refractivity contribution >= 4 is 29.0 Å². The van der Waals surface area contributed by atoms with Crippen molar-refractivity contribution in [2.24, 2.45) is 13.0 Å². The van der Waals surface area contributed by atoms with Gasteiger partial charge in [0.25, 0.3) is 17.4 Å². The highest BCUT2D eigenvalue weighted by Gasteiger charge is 2.23. The van der Waals surface area contributed by atoms with E-state index in [0.29, 0.717) is 41.3 Å². The second kappa shape index (κ2) is 13.1. The molecule has 0 atom stereocenters. The van der Waals surface area contributed by atoms with Gasteiger partial charge in [0, 0.05) is 61.0 Å². The predicted octanol–water partition coefficient (Wildman–Crippen LogP) is 5.89. The van der Waals surface area contributed by atoms with Crippen molar-refractivity contribution in [1.29, 1.82) is 0 Å². The smallest absolute Gasteiger partial charge is 0.293 e. The summed E-state index contributed by atoms with van der Waals surface area (Å²) in [5, 5.41) is 15.5. The molecule has 0 unspecified atom stereocenters. The van der Waals surface area contributed by atoms with E-state index in [1.54, 1.807) is 37.5 Å². The average molecular weight is 608 g/mol. The quantitative estimate of drug-likeness (QED) is 0.241. The number of benzene rings is 3. The molecule has 0 radical (unpaired) electrons. The Kier molecular flexibility index (Phi) is 9.20. The van der Waals surface area contributed by atoms with E-state index in [-0.39, 0.29) is 41.1 Å². The summed E-state index contributed by atoms with van der Waals surface area (Å²) in [6, 6.07) is 20.2. The molecule has 2 heterocycles. The summed E-state index contributed by atoms with van der Waals surface area (Å²) in [5.41, 5.74) is 5.44. The summed E-state index contributed by atoms with van der Waals surface area (Å²) in [5.74, 6) is 0.155. The molecule has 234 valence electrons. The maximum absolute atomic E-state index is 13.1. The van der Waals surface area contributed by atoms with Crippen LogP contribution in [0.2, 0.25) is 0 Å². The molecule has 9 nitrogen and oxygen atoms in total. The van der Waals surface area contributed by atoms with Gasteiger partial charge in [-0.15, -0.1) is 0 Å². The highest BCUT2D eigenvalue weighted by molar-refractivity contribution is 6.05. The Morgan fingerprint density at radius 2 is 1.60 bits per heavy atom. The van der Waals surface area contributed by atoms with Crippen molar-refractivity contribution < 1.29 is 14.7 Å². The minimum Gasteiger partial charge on any atom is -0.396 e. The number of aryl methyl sites for hydroxylation is 1. The number of carbonyl (C=O) groups is 2. The molecule has 1 aliphatic rings. The molecule has 3 aromatic carbocycles. The molecule has 5 rings (SSSR count). The van der Waals surface area contributed by atoms with Crippen LogP contribution in [0.3, 0.4) is 0 Å². The predicted molar refractivity (Wildman–Crippen MR) is 178 cm³/mol. The number of aliphatic hydroxyl groups excluding tert-OH is 1. The number of nitrogens with one attached hydrogen (secondary N) is 2. The van der Waals surface area contributed by atoms with Crippen LogP contribution < -0.4 is 16.2 Å². The molecule has 4 aromatic rings. The maximum atomic E-state index is 13.1. The van der Waals surface area contributed by atoms with Gasteiger partial charge in [0.15, 0.2) is 5.82 Å². The topological polar surface area (TPSA) is 117 Å². The van der Waals surface area contributed by atoms with E-state index in [1.807, 2.05) is 54.3 Å². The number of hydrogen-bond donors (Lipinski definition) is 3. The van der Waals surface area contributed by atoms with Gasteiger partial charge in [-0.05, 0) is 84.7 Å². The van der Waals surface area contributed by atoms with Gasteiger partial charge >= 0.3 is 0 Å². The monoisotopic (exact) mass is 607 g/mol. The first-order chi connectivity index (χ1) is 21.4. The molecule has 1 aromatic heterocycles. The lowest BCUT2D eigenvalue weighted by Gasteiger charge is -2.31. The second-order valence-electron chi connectivity index (χ2n) is 12.8. The van der Waals surface area contributed by atoms with Crippen molar-refractivity contribution in [2.75, 3.05) is 30.3 Å². The zero-order chi connectivity index (χ0) is 32.3. The minimum absolute atomic E-state index is 0.00200. The number of piperidine rings is 1. The van der Waals surface area contributed by atoms with Crippen LogP contribution in [-0.4, -0.2) is 51.1 Å². The maximum Gasteiger partial charge on any atom is 0.293 e. The van der Waals surface area contributed by atoms with Crippen LogP contribution in [0.25, 0.3) is 11.3 Å². The Balaban J connectivity index is 1.33. The largest absolute Gasteiger partial charge is 0.396 e. The summed E-state index contributed by atoms with van der Waals surface area (Å²) in [6.07, 6.45) is 3.27. The SMILES string of the molecule is Cc1c(NC(=O)c2ccc(C(C)(C)C)cc2)cccc1-c1cn(C)c(=O)c(Nc2ccc(C(=O)N3CCC(CO)CC3)cc2)n1. The molecule has 0 spiro atoms. The van der Waals surface area contributed by atoms with Crippen LogP contribution in [0, 0.1) is 12.8 Å². The van der Waals surface area contributed by atoms with Gasteiger partial charge in [-0.2, -0.15) is 0 Å². The fraction of sp³-hybridized carbons (Fsp3) is 0.333. The highest BCUT2D eigenvalue weighted by Crippen LogP contribution is 2.29. The Morgan fingerprint density at radius 1 is 0.956 bits per heavy atom. The molecule has 9 heteroatoms. The van der Waals surface area contributed by atoms with Crippen molar-refractivity contribution in [3.8, 4) is 11.3 Å². The molecular formula is C36H41N5O4. The molecule has 1 saturated heterocycles. The lowest BCUT2D eigenvalue weighted by molar-refractivity contribution is 0.0651. The number of anilines is 3. The number of aliphatic hydroxyl groups is 1. The van der Waals surface area contributed by atoms with Gasteiger partial charge in [0.2, 0.25) is 0 Å².